The second kappa shape index (κ2) is 1.75. The lowest BCUT2D eigenvalue weighted by Crippen LogP contribution is -2.21. The van der Waals surface area contributed by atoms with E-state index in [1.807, 2.05) is 0 Å². The van der Waals surface area contributed by atoms with Gasteiger partial charge in [0.15, 0.2) is 0 Å². The Morgan fingerprint density at radius 1 is 1.50 bits per heavy atom. The van der Waals surface area contributed by atoms with E-state index in [4.69, 9.17) is 5.26 Å². The van der Waals surface area contributed by atoms with Gasteiger partial charge in [-0.2, -0.15) is 5.26 Å². The van der Waals surface area contributed by atoms with Gasteiger partial charge in [0, 0.05) is 0 Å². The van der Waals surface area contributed by atoms with Crippen molar-refractivity contribution in [2.75, 3.05) is 0 Å². The molecule has 0 aromatic carbocycles. The van der Waals surface area contributed by atoms with Crippen LogP contribution in [0.5, 0.6) is 0 Å². The number of hydrogen-bond donors (Lipinski definition) is 0. The molecule has 0 amide bonds. The first kappa shape index (κ1) is 7.60. The molecule has 1 rings (SSSR count). The van der Waals surface area contributed by atoms with Gasteiger partial charge >= 0.3 is 0 Å². The van der Waals surface area contributed by atoms with Crippen molar-refractivity contribution in [1.82, 2.24) is 0 Å². The summed E-state index contributed by atoms with van der Waals surface area (Å²) in [6, 6.07) is 2.44. The highest BCUT2D eigenvalue weighted by atomic mass is 14.6. The van der Waals surface area contributed by atoms with Gasteiger partial charge in [-0.25, -0.2) is 0 Å². The fourth-order valence-corrected chi connectivity index (χ4v) is 1.79. The smallest absolute Gasteiger partial charge is 0.0698 e. The van der Waals surface area contributed by atoms with E-state index in [1.165, 1.54) is 0 Å². The average molecular weight is 137 g/mol. The molecule has 0 aliphatic heterocycles. The third kappa shape index (κ3) is 0.751. The molecule has 10 heavy (non-hydrogen) atoms. The Kier molecular flexibility index (Phi) is 1.33. The zero-order chi connectivity index (χ0) is 7.99. The molecule has 1 aliphatic rings. The molecule has 1 nitrogen and oxygen atoms in total. The van der Waals surface area contributed by atoms with Crippen molar-refractivity contribution in [3.8, 4) is 6.07 Å². The average Bonchev–Trinajstić information content (AvgIpc) is 2.40. The molecule has 0 radical (unpaired) electrons. The van der Waals surface area contributed by atoms with Gasteiger partial charge in [-0.05, 0) is 17.8 Å². The van der Waals surface area contributed by atoms with Crippen molar-refractivity contribution < 1.29 is 0 Å². The molecular weight excluding hydrogens is 122 g/mol. The first-order valence-corrected chi connectivity index (χ1v) is 3.85. The third-order valence-corrected chi connectivity index (χ3v) is 2.85. The summed E-state index contributed by atoms with van der Waals surface area (Å²) in [4.78, 5) is 0. The molecule has 1 saturated carbocycles. The van der Waals surface area contributed by atoms with Crippen LogP contribution >= 0.6 is 0 Å². The van der Waals surface area contributed by atoms with Crippen LogP contribution in [0.1, 0.15) is 34.1 Å². The van der Waals surface area contributed by atoms with Gasteiger partial charge < -0.3 is 0 Å². The van der Waals surface area contributed by atoms with E-state index >= 15 is 0 Å². The van der Waals surface area contributed by atoms with Crippen LogP contribution in [-0.4, -0.2) is 0 Å². The Labute approximate surface area is 63.0 Å². The molecule has 0 bridgehead atoms. The van der Waals surface area contributed by atoms with Crippen LogP contribution in [-0.2, 0) is 0 Å². The van der Waals surface area contributed by atoms with Gasteiger partial charge in [0.25, 0.3) is 0 Å². The van der Waals surface area contributed by atoms with Crippen LogP contribution in [0, 0.1) is 28.1 Å². The van der Waals surface area contributed by atoms with Crippen LogP contribution < -0.4 is 0 Å². The maximum Gasteiger partial charge on any atom is 0.0698 e. The maximum absolute atomic E-state index is 8.91. The molecule has 2 atom stereocenters. The third-order valence-electron chi connectivity index (χ3n) is 2.85. The van der Waals surface area contributed by atoms with Crippen molar-refractivity contribution in [3.05, 3.63) is 0 Å². The van der Waals surface area contributed by atoms with Crippen molar-refractivity contribution in [3.63, 3.8) is 0 Å². The van der Waals surface area contributed by atoms with Crippen LogP contribution in [0.4, 0.5) is 0 Å². The molecule has 0 unspecified atom stereocenters. The normalized spacial score (nSPS) is 38.9. The minimum absolute atomic E-state index is 0.00694. The monoisotopic (exact) mass is 137 g/mol. The minimum atomic E-state index is -0.00694. The molecule has 0 saturated heterocycles. The fraction of sp³-hybridized carbons (Fsp3) is 0.889. The van der Waals surface area contributed by atoms with Crippen LogP contribution in [0.25, 0.3) is 0 Å². The SMILES string of the molecule is C[C@H]1C[C@@]1(C#N)C(C)(C)C. The Morgan fingerprint density at radius 2 is 1.90 bits per heavy atom. The lowest BCUT2D eigenvalue weighted by Gasteiger charge is -2.25. The van der Waals surface area contributed by atoms with Crippen molar-refractivity contribution in [1.29, 1.82) is 5.26 Å². The van der Waals surface area contributed by atoms with Gasteiger partial charge in [0.1, 0.15) is 0 Å². The van der Waals surface area contributed by atoms with Crippen LogP contribution in [0.2, 0.25) is 0 Å². The molecule has 0 aromatic heterocycles. The van der Waals surface area contributed by atoms with Crippen LogP contribution in [0.15, 0.2) is 0 Å². The first-order valence-electron chi connectivity index (χ1n) is 3.85. The molecule has 56 valence electrons. The van der Waals surface area contributed by atoms with Gasteiger partial charge in [0.2, 0.25) is 0 Å². The largest absolute Gasteiger partial charge is 0.198 e. The topological polar surface area (TPSA) is 23.8 Å². The fourth-order valence-electron chi connectivity index (χ4n) is 1.79. The zero-order valence-corrected chi connectivity index (χ0v) is 7.23. The summed E-state index contributed by atoms with van der Waals surface area (Å²) in [6.07, 6.45) is 1.09. The highest BCUT2D eigenvalue weighted by Gasteiger charge is 2.59. The number of rotatable bonds is 0. The van der Waals surface area contributed by atoms with E-state index in [0.29, 0.717) is 5.92 Å². The minimum Gasteiger partial charge on any atom is -0.198 e. The standard InChI is InChI=1S/C9H15N/c1-7-5-9(7,6-10)8(2,3)4/h7H,5H2,1-4H3/t7-,9-/m0/s1. The Balaban J connectivity index is 2.82. The van der Waals surface area contributed by atoms with Crippen molar-refractivity contribution in [2.24, 2.45) is 16.7 Å². The van der Waals surface area contributed by atoms with E-state index in [-0.39, 0.29) is 10.8 Å². The summed E-state index contributed by atoms with van der Waals surface area (Å²) in [7, 11) is 0. The van der Waals surface area contributed by atoms with Gasteiger partial charge in [-0.15, -0.1) is 0 Å². The highest BCUT2D eigenvalue weighted by Crippen LogP contribution is 2.62. The Morgan fingerprint density at radius 3 is 1.90 bits per heavy atom. The quantitative estimate of drug-likeness (QED) is 0.503. The summed E-state index contributed by atoms with van der Waals surface area (Å²) in [5.74, 6) is 0.609. The zero-order valence-electron chi connectivity index (χ0n) is 7.23. The van der Waals surface area contributed by atoms with Gasteiger partial charge in [-0.1, -0.05) is 27.7 Å². The highest BCUT2D eigenvalue weighted by molar-refractivity contribution is 5.19. The molecule has 0 N–H and O–H groups in total. The Hall–Kier alpha value is -0.510. The predicted octanol–water partition coefficient (Wildman–Crippen LogP) is 2.58. The van der Waals surface area contributed by atoms with E-state index < -0.39 is 0 Å². The summed E-state index contributed by atoms with van der Waals surface area (Å²) < 4.78 is 0. The number of nitriles is 1. The number of hydrogen-bond acceptors (Lipinski definition) is 1. The van der Waals surface area contributed by atoms with Gasteiger partial charge in [-0.3, -0.25) is 0 Å². The Bertz CT molecular complexity index is 182. The van der Waals surface area contributed by atoms with E-state index in [1.54, 1.807) is 0 Å². The molecular formula is C9H15N. The molecule has 0 aromatic rings. The van der Waals surface area contributed by atoms with Crippen molar-refractivity contribution >= 4 is 0 Å². The summed E-state index contributed by atoms with van der Waals surface area (Å²) in [5.41, 5.74) is 0.161. The van der Waals surface area contributed by atoms with Gasteiger partial charge in [0.05, 0.1) is 11.5 Å². The summed E-state index contributed by atoms with van der Waals surface area (Å²) >= 11 is 0. The van der Waals surface area contributed by atoms with E-state index in [0.717, 1.165) is 6.42 Å². The van der Waals surface area contributed by atoms with Crippen molar-refractivity contribution in [2.45, 2.75) is 34.1 Å². The summed E-state index contributed by atoms with van der Waals surface area (Å²) in [6.45, 7) is 8.62. The number of nitrogens with zero attached hydrogens (tertiary/aromatic N) is 1. The lowest BCUT2D eigenvalue weighted by atomic mass is 9.77. The molecule has 0 heterocycles. The van der Waals surface area contributed by atoms with Crippen LogP contribution in [0.3, 0.4) is 0 Å². The molecule has 1 fully saturated rings. The van der Waals surface area contributed by atoms with E-state index in [2.05, 4.69) is 33.8 Å². The lowest BCUT2D eigenvalue weighted by molar-refractivity contribution is 0.260. The summed E-state index contributed by atoms with van der Waals surface area (Å²) in [5, 5.41) is 8.91. The molecule has 1 aliphatic carbocycles. The molecule has 0 spiro atoms. The first-order chi connectivity index (χ1) is 4.44. The maximum atomic E-state index is 8.91. The molecule has 1 heteroatoms. The second-order valence-corrected chi connectivity index (χ2v) is 4.44. The second-order valence-electron chi connectivity index (χ2n) is 4.44. The predicted molar refractivity (Wildman–Crippen MR) is 41.3 cm³/mol. The van der Waals surface area contributed by atoms with E-state index in [9.17, 15) is 0 Å².